The van der Waals surface area contributed by atoms with Gasteiger partial charge in [-0.25, -0.2) is 15.0 Å². The first-order valence-corrected chi connectivity index (χ1v) is 12.9. The van der Waals surface area contributed by atoms with Crippen molar-refractivity contribution in [3.63, 3.8) is 0 Å². The van der Waals surface area contributed by atoms with Crippen molar-refractivity contribution in [1.82, 2.24) is 24.3 Å². The van der Waals surface area contributed by atoms with Crippen LogP contribution in [-0.4, -0.2) is 49.2 Å². The Bertz CT molecular complexity index is 1680. The van der Waals surface area contributed by atoms with Gasteiger partial charge in [-0.3, -0.25) is 14.0 Å². The molecule has 2 aliphatic rings. The number of likely N-dealkylation sites (tertiary alicyclic amines) is 1. The average Bonchev–Trinajstić information content (AvgIpc) is 3.53. The van der Waals surface area contributed by atoms with Crippen molar-refractivity contribution in [3.05, 3.63) is 65.6 Å². The van der Waals surface area contributed by atoms with E-state index in [2.05, 4.69) is 27.1 Å². The predicted molar refractivity (Wildman–Crippen MR) is 149 cm³/mol. The first-order valence-electron chi connectivity index (χ1n) is 12.9. The number of nitrogens with two attached hydrogens (primary N) is 2. The van der Waals surface area contributed by atoms with Crippen LogP contribution >= 0.6 is 0 Å². The summed E-state index contributed by atoms with van der Waals surface area (Å²) in [6, 6.07) is 11.0. The summed E-state index contributed by atoms with van der Waals surface area (Å²) in [5.74, 6) is 6.72. The molecule has 0 radical (unpaired) electrons. The summed E-state index contributed by atoms with van der Waals surface area (Å²) in [6.07, 6.45) is 6.46. The second-order valence-electron chi connectivity index (χ2n) is 9.96. The van der Waals surface area contributed by atoms with Gasteiger partial charge in [-0.2, -0.15) is 0 Å². The molecule has 3 aromatic heterocycles. The van der Waals surface area contributed by atoms with Gasteiger partial charge in [0, 0.05) is 42.7 Å². The Morgan fingerprint density at radius 1 is 1.03 bits per heavy atom. The Balaban J connectivity index is 1.30. The fourth-order valence-corrected chi connectivity index (χ4v) is 5.21. The third-order valence-corrected chi connectivity index (χ3v) is 7.33. The van der Waals surface area contributed by atoms with Gasteiger partial charge in [0.2, 0.25) is 5.95 Å². The number of amides is 2. The molecule has 2 amide bonds. The van der Waals surface area contributed by atoms with Crippen LogP contribution in [0.4, 0.5) is 17.5 Å². The van der Waals surface area contributed by atoms with E-state index in [1.807, 2.05) is 18.2 Å². The number of pyridine rings is 1. The van der Waals surface area contributed by atoms with Crippen LogP contribution in [0.2, 0.25) is 0 Å². The number of nitrogens with zero attached hydrogens (tertiary/aromatic N) is 5. The number of fused-ring (bicyclic) bond motifs is 1. The zero-order chi connectivity index (χ0) is 27.1. The molecule has 39 heavy (non-hydrogen) atoms. The largest absolute Gasteiger partial charge is 0.398 e. The monoisotopic (exact) mass is 520 g/mol. The molecule has 5 N–H and O–H groups in total. The molecule has 2 fully saturated rings. The summed E-state index contributed by atoms with van der Waals surface area (Å²) >= 11 is 0. The quantitative estimate of drug-likeness (QED) is 0.270. The summed E-state index contributed by atoms with van der Waals surface area (Å²) in [6.45, 7) is 2.79. The highest BCUT2D eigenvalue weighted by atomic mass is 16.2. The Morgan fingerprint density at radius 3 is 2.62 bits per heavy atom. The molecule has 10 nitrogen and oxygen atoms in total. The van der Waals surface area contributed by atoms with Crippen LogP contribution in [0.15, 0.2) is 48.8 Å². The number of rotatable bonds is 5. The van der Waals surface area contributed by atoms with Gasteiger partial charge in [0.15, 0.2) is 0 Å². The molecule has 1 aliphatic carbocycles. The lowest BCUT2D eigenvalue weighted by molar-refractivity contribution is -0.124. The SMILES string of the molecule is CC#CC(=O)N1CCC(c2nc(-c3ccc(C(=O)Nc4cc(C5CC5)ccn4)c(N)c3)n3c(N)nccc23)C1. The molecule has 4 heterocycles. The standard InChI is InChI=1S/C29H28N8O2/c1-2-3-25(38)36-13-10-20(16-36)26-23-9-12-33-29(31)37(23)27(35-26)19-6-7-21(22(30)14-19)28(39)34-24-15-18(8-11-32-24)17-4-5-17/h6-9,11-12,14-15,17,20H,4-5,10,13,16,30H2,1H3,(H2,31,33)(H,32,34,39). The third-order valence-electron chi connectivity index (χ3n) is 7.33. The lowest BCUT2D eigenvalue weighted by Gasteiger charge is -2.12. The van der Waals surface area contributed by atoms with Crippen LogP contribution in [0, 0.1) is 11.8 Å². The molecule has 196 valence electrons. The van der Waals surface area contributed by atoms with Crippen LogP contribution in [0.3, 0.4) is 0 Å². The molecule has 0 bridgehead atoms. The number of hydrogen-bond donors (Lipinski definition) is 3. The van der Waals surface area contributed by atoms with Crippen molar-refractivity contribution in [3.8, 4) is 23.2 Å². The van der Waals surface area contributed by atoms with Crippen LogP contribution < -0.4 is 16.8 Å². The molecule has 4 aromatic rings. The van der Waals surface area contributed by atoms with E-state index in [0.29, 0.717) is 47.5 Å². The first kappa shape index (κ1) is 24.4. The minimum absolute atomic E-state index is 0.0273. The molecular formula is C29H28N8O2. The van der Waals surface area contributed by atoms with E-state index in [9.17, 15) is 9.59 Å². The maximum absolute atomic E-state index is 13.0. The van der Waals surface area contributed by atoms with Gasteiger partial charge in [-0.1, -0.05) is 12.0 Å². The Hall–Kier alpha value is -4.91. The minimum Gasteiger partial charge on any atom is -0.398 e. The molecule has 1 aromatic carbocycles. The number of hydrogen-bond acceptors (Lipinski definition) is 7. The average molecular weight is 521 g/mol. The number of nitrogens with one attached hydrogen (secondary N) is 1. The zero-order valence-electron chi connectivity index (χ0n) is 21.5. The van der Waals surface area contributed by atoms with Gasteiger partial charge in [-0.05, 0) is 73.9 Å². The number of anilines is 3. The third kappa shape index (κ3) is 4.63. The molecule has 1 saturated carbocycles. The van der Waals surface area contributed by atoms with Gasteiger partial charge in [0.05, 0.1) is 16.8 Å². The minimum atomic E-state index is -0.333. The van der Waals surface area contributed by atoms with Gasteiger partial charge in [0.25, 0.3) is 11.8 Å². The molecule has 1 saturated heterocycles. The highest BCUT2D eigenvalue weighted by Gasteiger charge is 2.31. The maximum atomic E-state index is 13.0. The Labute approximate surface area is 225 Å². The molecule has 1 atom stereocenters. The lowest BCUT2D eigenvalue weighted by atomic mass is 10.0. The Kier molecular flexibility index (Phi) is 6.11. The van der Waals surface area contributed by atoms with Crippen LogP contribution in [-0.2, 0) is 4.79 Å². The van der Waals surface area contributed by atoms with Crippen molar-refractivity contribution in [2.45, 2.75) is 38.0 Å². The van der Waals surface area contributed by atoms with E-state index in [4.69, 9.17) is 16.5 Å². The highest BCUT2D eigenvalue weighted by Crippen LogP contribution is 2.40. The van der Waals surface area contributed by atoms with Crippen LogP contribution in [0.5, 0.6) is 0 Å². The fourth-order valence-electron chi connectivity index (χ4n) is 5.21. The van der Waals surface area contributed by atoms with E-state index >= 15 is 0 Å². The number of benzene rings is 1. The van der Waals surface area contributed by atoms with E-state index in [-0.39, 0.29) is 23.7 Å². The van der Waals surface area contributed by atoms with Gasteiger partial charge >= 0.3 is 0 Å². The number of carbonyl (C=O) groups is 2. The smallest absolute Gasteiger partial charge is 0.298 e. The van der Waals surface area contributed by atoms with E-state index in [1.165, 1.54) is 18.4 Å². The highest BCUT2D eigenvalue weighted by molar-refractivity contribution is 6.07. The van der Waals surface area contributed by atoms with Gasteiger partial charge < -0.3 is 21.7 Å². The van der Waals surface area contributed by atoms with Crippen molar-refractivity contribution in [2.75, 3.05) is 29.9 Å². The van der Waals surface area contributed by atoms with E-state index < -0.39 is 0 Å². The first-order chi connectivity index (χ1) is 18.9. The molecule has 6 rings (SSSR count). The summed E-state index contributed by atoms with van der Waals surface area (Å²) in [5.41, 5.74) is 16.8. The second kappa shape index (κ2) is 9.76. The number of carbonyl (C=O) groups excluding carboxylic acids is 2. The number of nitrogen functional groups attached to an aromatic ring is 2. The molecule has 10 heteroatoms. The topological polar surface area (TPSA) is 145 Å². The Morgan fingerprint density at radius 2 is 1.85 bits per heavy atom. The van der Waals surface area contributed by atoms with Crippen molar-refractivity contribution >= 4 is 34.8 Å². The maximum Gasteiger partial charge on any atom is 0.298 e. The molecule has 1 aliphatic heterocycles. The van der Waals surface area contributed by atoms with Crippen molar-refractivity contribution < 1.29 is 9.59 Å². The van der Waals surface area contributed by atoms with Crippen molar-refractivity contribution in [1.29, 1.82) is 0 Å². The predicted octanol–water partition coefficient (Wildman–Crippen LogP) is 3.42. The summed E-state index contributed by atoms with van der Waals surface area (Å²) in [7, 11) is 0. The van der Waals surface area contributed by atoms with Gasteiger partial charge in [-0.15, -0.1) is 0 Å². The van der Waals surface area contributed by atoms with Crippen molar-refractivity contribution in [2.24, 2.45) is 0 Å². The normalized spacial score (nSPS) is 16.6. The fraction of sp³-hybridized carbons (Fsp3) is 0.276. The number of aromatic nitrogens is 4. The second-order valence-corrected chi connectivity index (χ2v) is 9.96. The van der Waals surface area contributed by atoms with E-state index in [1.54, 1.807) is 46.8 Å². The van der Waals surface area contributed by atoms with Crippen LogP contribution in [0.1, 0.15) is 59.6 Å². The molecule has 0 spiro atoms. The number of imidazole rings is 1. The van der Waals surface area contributed by atoms with Crippen LogP contribution in [0.25, 0.3) is 16.9 Å². The van der Waals surface area contributed by atoms with E-state index in [0.717, 1.165) is 17.6 Å². The summed E-state index contributed by atoms with van der Waals surface area (Å²) in [5, 5.41) is 2.86. The molecule has 1 unspecified atom stereocenters. The van der Waals surface area contributed by atoms with Gasteiger partial charge in [0.1, 0.15) is 11.6 Å². The molecular weight excluding hydrogens is 492 g/mol. The summed E-state index contributed by atoms with van der Waals surface area (Å²) in [4.78, 5) is 40.6. The lowest BCUT2D eigenvalue weighted by Crippen LogP contribution is -2.26. The zero-order valence-corrected chi connectivity index (χ0v) is 21.5. The summed E-state index contributed by atoms with van der Waals surface area (Å²) < 4.78 is 1.79.